The fourth-order valence-electron chi connectivity index (χ4n) is 3.62. The standard InChI is InChI=1S/C19H30N2O2S/c1-15(2)18-5-4-17(14-19(18)22-3)24-21-8-6-16(7-9-21)20-10-12-23-13-11-20/h4-5,14-16H,6-13H2,1-3H3. The molecule has 0 atom stereocenters. The van der Waals surface area contributed by atoms with Crippen molar-refractivity contribution < 1.29 is 9.47 Å². The molecule has 0 N–H and O–H groups in total. The molecule has 1 aromatic carbocycles. The Labute approximate surface area is 150 Å². The molecular formula is C19H30N2O2S. The van der Waals surface area contributed by atoms with Crippen LogP contribution in [0, 0.1) is 0 Å². The zero-order valence-corrected chi connectivity index (χ0v) is 16.0. The van der Waals surface area contributed by atoms with Gasteiger partial charge in [-0.1, -0.05) is 19.9 Å². The quantitative estimate of drug-likeness (QED) is 0.755. The Morgan fingerprint density at radius 1 is 1.12 bits per heavy atom. The third-order valence-electron chi connectivity index (χ3n) is 5.05. The van der Waals surface area contributed by atoms with E-state index in [4.69, 9.17) is 9.47 Å². The van der Waals surface area contributed by atoms with Crippen molar-refractivity contribution in [1.82, 2.24) is 9.21 Å². The van der Waals surface area contributed by atoms with Crippen molar-refractivity contribution in [2.75, 3.05) is 46.5 Å². The molecule has 0 spiro atoms. The van der Waals surface area contributed by atoms with Crippen LogP contribution in [0.15, 0.2) is 23.1 Å². The predicted octanol–water partition coefficient (Wildman–Crippen LogP) is 3.62. The van der Waals surface area contributed by atoms with Gasteiger partial charge in [-0.25, -0.2) is 4.31 Å². The maximum Gasteiger partial charge on any atom is 0.123 e. The van der Waals surface area contributed by atoms with E-state index in [1.54, 1.807) is 7.11 Å². The Morgan fingerprint density at radius 2 is 1.83 bits per heavy atom. The van der Waals surface area contributed by atoms with Crippen LogP contribution < -0.4 is 4.74 Å². The van der Waals surface area contributed by atoms with Gasteiger partial charge >= 0.3 is 0 Å². The summed E-state index contributed by atoms with van der Waals surface area (Å²) in [7, 11) is 1.77. The van der Waals surface area contributed by atoms with Crippen LogP contribution in [0.5, 0.6) is 5.75 Å². The number of ether oxygens (including phenoxy) is 2. The van der Waals surface area contributed by atoms with Gasteiger partial charge in [-0.2, -0.15) is 0 Å². The normalized spacial score (nSPS) is 21.3. The van der Waals surface area contributed by atoms with Crippen molar-refractivity contribution in [3.8, 4) is 5.75 Å². The van der Waals surface area contributed by atoms with Crippen LogP contribution in [0.3, 0.4) is 0 Å². The Kier molecular flexibility index (Phi) is 6.44. The van der Waals surface area contributed by atoms with Gasteiger partial charge in [0.1, 0.15) is 5.75 Å². The minimum absolute atomic E-state index is 0.489. The molecule has 2 aliphatic heterocycles. The molecular weight excluding hydrogens is 320 g/mol. The van der Waals surface area contributed by atoms with Gasteiger partial charge in [0.2, 0.25) is 0 Å². The van der Waals surface area contributed by atoms with E-state index in [1.807, 2.05) is 11.9 Å². The number of methoxy groups -OCH3 is 1. The smallest absolute Gasteiger partial charge is 0.123 e. The van der Waals surface area contributed by atoms with E-state index >= 15 is 0 Å². The fourth-order valence-corrected chi connectivity index (χ4v) is 4.60. The third-order valence-corrected chi connectivity index (χ3v) is 6.14. The monoisotopic (exact) mass is 350 g/mol. The first-order valence-electron chi connectivity index (χ1n) is 9.10. The van der Waals surface area contributed by atoms with E-state index in [1.165, 1.54) is 23.3 Å². The van der Waals surface area contributed by atoms with Gasteiger partial charge in [0.25, 0.3) is 0 Å². The highest BCUT2D eigenvalue weighted by Gasteiger charge is 2.26. The molecule has 0 radical (unpaired) electrons. The highest BCUT2D eigenvalue weighted by Crippen LogP contribution is 2.34. The number of piperidine rings is 1. The summed E-state index contributed by atoms with van der Waals surface area (Å²) < 4.78 is 13.6. The minimum Gasteiger partial charge on any atom is -0.496 e. The zero-order chi connectivity index (χ0) is 16.9. The molecule has 4 nitrogen and oxygen atoms in total. The van der Waals surface area contributed by atoms with E-state index < -0.39 is 0 Å². The van der Waals surface area contributed by atoms with Crippen molar-refractivity contribution >= 4 is 11.9 Å². The number of nitrogens with zero attached hydrogens (tertiary/aromatic N) is 2. The lowest BCUT2D eigenvalue weighted by atomic mass is 10.0. The van der Waals surface area contributed by atoms with Gasteiger partial charge in [0.05, 0.1) is 20.3 Å². The van der Waals surface area contributed by atoms with Crippen LogP contribution in [0.4, 0.5) is 0 Å². The van der Waals surface area contributed by atoms with Gasteiger partial charge < -0.3 is 9.47 Å². The summed E-state index contributed by atoms with van der Waals surface area (Å²) >= 11 is 1.87. The first-order chi connectivity index (χ1) is 11.7. The lowest BCUT2D eigenvalue weighted by Crippen LogP contribution is -2.47. The third kappa shape index (κ3) is 4.45. The SMILES string of the molecule is COc1cc(SN2CCC(N3CCOCC3)CC2)ccc1C(C)C. The molecule has 24 heavy (non-hydrogen) atoms. The Morgan fingerprint density at radius 3 is 2.46 bits per heavy atom. The first-order valence-corrected chi connectivity index (χ1v) is 9.87. The Hall–Kier alpha value is -0.750. The van der Waals surface area contributed by atoms with Gasteiger partial charge in [-0.3, -0.25) is 4.90 Å². The van der Waals surface area contributed by atoms with Crippen molar-refractivity contribution in [3.05, 3.63) is 23.8 Å². The van der Waals surface area contributed by atoms with Crippen LogP contribution in [-0.2, 0) is 4.74 Å². The van der Waals surface area contributed by atoms with E-state index in [0.29, 0.717) is 5.92 Å². The molecule has 2 aliphatic rings. The molecule has 2 fully saturated rings. The molecule has 0 unspecified atom stereocenters. The van der Waals surface area contributed by atoms with Gasteiger partial charge in [-0.05, 0) is 48.4 Å². The number of rotatable bonds is 5. The topological polar surface area (TPSA) is 24.9 Å². The average molecular weight is 351 g/mol. The maximum atomic E-state index is 5.58. The van der Waals surface area contributed by atoms with Crippen LogP contribution in [0.1, 0.15) is 38.2 Å². The van der Waals surface area contributed by atoms with E-state index in [-0.39, 0.29) is 0 Å². The van der Waals surface area contributed by atoms with Crippen LogP contribution in [0.25, 0.3) is 0 Å². The summed E-state index contributed by atoms with van der Waals surface area (Å²) in [6.07, 6.45) is 2.52. The van der Waals surface area contributed by atoms with Gasteiger partial charge in [0.15, 0.2) is 0 Å². The molecule has 3 rings (SSSR count). The largest absolute Gasteiger partial charge is 0.496 e. The number of benzene rings is 1. The zero-order valence-electron chi connectivity index (χ0n) is 15.2. The molecule has 2 saturated heterocycles. The molecule has 0 amide bonds. The highest BCUT2D eigenvalue weighted by molar-refractivity contribution is 7.97. The summed E-state index contributed by atoms with van der Waals surface area (Å²) in [5.74, 6) is 1.50. The first kappa shape index (κ1) is 18.1. The van der Waals surface area contributed by atoms with Crippen molar-refractivity contribution in [2.24, 2.45) is 0 Å². The number of hydrogen-bond acceptors (Lipinski definition) is 5. The van der Waals surface area contributed by atoms with Crippen LogP contribution in [-0.4, -0.2) is 61.7 Å². The second kappa shape index (κ2) is 8.56. The summed E-state index contributed by atoms with van der Waals surface area (Å²) in [5, 5.41) is 0. The lowest BCUT2D eigenvalue weighted by Gasteiger charge is -2.39. The summed E-state index contributed by atoms with van der Waals surface area (Å²) in [4.78, 5) is 3.90. The molecule has 0 bridgehead atoms. The Balaban J connectivity index is 1.54. The summed E-state index contributed by atoms with van der Waals surface area (Å²) in [5.41, 5.74) is 1.29. The maximum absolute atomic E-state index is 5.58. The van der Waals surface area contributed by atoms with Crippen LogP contribution >= 0.6 is 11.9 Å². The molecule has 0 saturated carbocycles. The summed E-state index contributed by atoms with van der Waals surface area (Å²) in [6.45, 7) is 10.7. The molecule has 0 aromatic heterocycles. The molecule has 1 aromatic rings. The summed E-state index contributed by atoms with van der Waals surface area (Å²) in [6, 6.07) is 7.38. The van der Waals surface area contributed by atoms with Crippen molar-refractivity contribution in [2.45, 2.75) is 43.5 Å². The van der Waals surface area contributed by atoms with E-state index in [0.717, 1.165) is 51.2 Å². The Bertz CT molecular complexity index is 524. The van der Waals surface area contributed by atoms with Gasteiger partial charge in [0, 0.05) is 37.1 Å². The van der Waals surface area contributed by atoms with Gasteiger partial charge in [-0.15, -0.1) is 0 Å². The lowest BCUT2D eigenvalue weighted by molar-refractivity contribution is 0.00658. The highest BCUT2D eigenvalue weighted by atomic mass is 32.2. The van der Waals surface area contributed by atoms with Crippen LogP contribution in [0.2, 0.25) is 0 Å². The second-order valence-corrected chi connectivity index (χ2v) is 8.13. The van der Waals surface area contributed by atoms with E-state index in [2.05, 4.69) is 41.3 Å². The fraction of sp³-hybridized carbons (Fsp3) is 0.684. The minimum atomic E-state index is 0.489. The number of morpholine rings is 1. The number of hydrogen-bond donors (Lipinski definition) is 0. The predicted molar refractivity (Wildman–Crippen MR) is 99.9 cm³/mol. The molecule has 5 heteroatoms. The van der Waals surface area contributed by atoms with E-state index in [9.17, 15) is 0 Å². The molecule has 134 valence electrons. The van der Waals surface area contributed by atoms with Crippen molar-refractivity contribution in [3.63, 3.8) is 0 Å². The second-order valence-electron chi connectivity index (χ2n) is 6.96. The molecule has 2 heterocycles. The molecule has 0 aliphatic carbocycles. The van der Waals surface area contributed by atoms with Crippen molar-refractivity contribution in [1.29, 1.82) is 0 Å². The average Bonchev–Trinajstić information content (AvgIpc) is 2.63.